The molecule has 7 rings (SSSR count). The van der Waals surface area contributed by atoms with Gasteiger partial charge in [0.1, 0.15) is 165 Å². The average Bonchev–Trinajstić information content (AvgIpc) is 0.973. The third-order valence-corrected chi connectivity index (χ3v) is 15.7. The number of aliphatic hydroxyl groups is 19. The fraction of sp³-hybridized carbons (Fsp3) is 0.938. The molecule has 0 aromatic heterocycles. The van der Waals surface area contributed by atoms with Crippen LogP contribution in [0.4, 0.5) is 0 Å². The molecular weight excluding hydrogens is 1180 g/mol. The van der Waals surface area contributed by atoms with E-state index in [1.807, 2.05) is 0 Å². The summed E-state index contributed by atoms with van der Waals surface area (Å²) in [6, 6.07) is -5.11. The number of aliphatic hydroxyl groups excluding tert-OH is 19. The quantitative estimate of drug-likeness (QED) is 0.0507. The van der Waals surface area contributed by atoms with Gasteiger partial charge in [0, 0.05) is 20.8 Å². The normalized spacial score (nSPS) is 49.4. The highest BCUT2D eigenvalue weighted by Crippen LogP contribution is 2.37. The molecule has 38 heteroatoms. The maximum atomic E-state index is 12.8. The van der Waals surface area contributed by atoms with Crippen LogP contribution in [0.1, 0.15) is 27.7 Å². The molecule has 0 aliphatic carbocycles. The minimum absolute atomic E-state index is 0.748. The Kier molecular flexibility index (Phi) is 25.0. The van der Waals surface area contributed by atoms with Gasteiger partial charge >= 0.3 is 0 Å². The lowest BCUT2D eigenvalue weighted by Crippen LogP contribution is -2.70. The zero-order valence-corrected chi connectivity index (χ0v) is 46.5. The van der Waals surface area contributed by atoms with Crippen LogP contribution < -0.4 is 16.0 Å². The fourth-order valence-electron chi connectivity index (χ4n) is 11.0. The molecule has 7 saturated heterocycles. The van der Waals surface area contributed by atoms with Gasteiger partial charge in [0.05, 0.1) is 45.7 Å². The largest absolute Gasteiger partial charge is 0.394 e. The highest BCUT2D eigenvalue weighted by molar-refractivity contribution is 5.74. The zero-order valence-electron chi connectivity index (χ0n) is 46.5. The maximum Gasteiger partial charge on any atom is 0.217 e. The van der Waals surface area contributed by atoms with Gasteiger partial charge in [-0.1, -0.05) is 0 Å². The molecule has 7 aliphatic heterocycles. The number of rotatable bonds is 21. The molecule has 0 bridgehead atoms. The molecule has 22 N–H and O–H groups in total. The van der Waals surface area contributed by atoms with Crippen molar-refractivity contribution in [2.75, 3.05) is 39.6 Å². The Morgan fingerprint density at radius 1 is 0.326 bits per heavy atom. The second-order valence-corrected chi connectivity index (χ2v) is 21.8. The third kappa shape index (κ3) is 15.4. The van der Waals surface area contributed by atoms with E-state index < -0.39 is 272 Å². The SMILES string of the molecule is CC(=O)N[C@H]1[C@H](O[C@H]2[C@@H](O)[C@@H](CO)O[C@@H](O[C@H]3[C@@H](O)[C@@H](CO)OC(O)[C@@H]3NC(C)=O)[C@@H]2O)O[C@H](CO)[C@@H](O[C@@H]2O[C@H](CO[C@@H]3O[C@H](CO)[C@@H](O)[C@H](O[C@@H]4O[C@H](CO)[C@H](O)[C@H](O)[C@H]4O[C@@H]4O[C@@H](C)[C@@H](O)[C@@H](O)[C@@H]4O)[C@H]3NC(C)=O)[C@H](O)[C@H](O)[C@H]2O)[C@@H]1O. The van der Waals surface area contributed by atoms with Crippen LogP contribution in [0.3, 0.4) is 0 Å². The fourth-order valence-corrected chi connectivity index (χ4v) is 11.0. The standard InChI is InChI=1S/C48H81N3O35/c1-11-24(60)31(67)34(70)45(75-11)86-41-33(69)25(61)15(5-52)79-48(41)84-39-23(51-14(4)59)43(77-17(7-54)28(39)64)74-10-20-26(62)32(68)35(71)46(81-20)82-37-19(9-56)80-44(21(30(37)66)49-12(2)57)85-40-29(65)18(8-55)78-47(36(40)72)83-38-22(50-13(3)58)42(73)76-16(6-53)27(38)63/h11,15-48,52-56,60-73H,5-10H2,1-4H3,(H,49,57)(H,50,58)(H,51,59)/t11-,15+,16+,17+,18+,19+,20+,21+,22+,23+,24+,25-,26-,27-,28+,29-,30+,31+,32-,33-,34-,35+,36+,37+,38+,39+,40-,41+,42?,43+,44-,45-,46-,47-,48-/m0/s1. The van der Waals surface area contributed by atoms with Crippen molar-refractivity contribution in [2.45, 2.75) is 242 Å². The van der Waals surface area contributed by atoms with Crippen LogP contribution in [0.15, 0.2) is 0 Å². The minimum atomic E-state index is -2.21. The number of ether oxygens (including phenoxy) is 13. The molecule has 1 unspecified atom stereocenters. The van der Waals surface area contributed by atoms with Crippen LogP contribution >= 0.6 is 0 Å². The van der Waals surface area contributed by atoms with Crippen LogP contribution in [-0.4, -0.2) is 369 Å². The van der Waals surface area contributed by atoms with Gasteiger partial charge in [-0.2, -0.15) is 0 Å². The van der Waals surface area contributed by atoms with Crippen molar-refractivity contribution >= 4 is 17.7 Å². The number of carbonyl (C=O) groups excluding carboxylic acids is 3. The number of nitrogens with one attached hydrogen (secondary N) is 3. The molecule has 0 spiro atoms. The van der Waals surface area contributed by atoms with Crippen molar-refractivity contribution in [3.63, 3.8) is 0 Å². The maximum absolute atomic E-state index is 12.8. The van der Waals surface area contributed by atoms with Gasteiger partial charge in [0.15, 0.2) is 44.0 Å². The summed E-state index contributed by atoms with van der Waals surface area (Å²) in [6.45, 7) is -1.47. The smallest absolute Gasteiger partial charge is 0.217 e. The predicted octanol–water partition coefficient (Wildman–Crippen LogP) is -14.8. The molecule has 86 heavy (non-hydrogen) atoms. The van der Waals surface area contributed by atoms with Crippen molar-refractivity contribution in [3.8, 4) is 0 Å². The molecule has 38 nitrogen and oxygen atoms in total. The summed E-state index contributed by atoms with van der Waals surface area (Å²) in [6.07, 6.45) is -60.5. The second kappa shape index (κ2) is 30.5. The molecule has 0 radical (unpaired) electrons. The van der Waals surface area contributed by atoms with E-state index in [1.165, 1.54) is 6.92 Å². The lowest BCUT2D eigenvalue weighted by molar-refractivity contribution is -0.383. The van der Waals surface area contributed by atoms with E-state index in [0.29, 0.717) is 0 Å². The molecule has 7 aliphatic rings. The van der Waals surface area contributed by atoms with E-state index in [-0.39, 0.29) is 0 Å². The Balaban J connectivity index is 1.08. The Morgan fingerprint density at radius 3 is 1.28 bits per heavy atom. The van der Waals surface area contributed by atoms with E-state index >= 15 is 0 Å². The monoisotopic (exact) mass is 1260 g/mol. The molecule has 0 aromatic rings. The molecule has 7 heterocycles. The lowest BCUT2D eigenvalue weighted by atomic mass is 9.94. The van der Waals surface area contributed by atoms with Gasteiger partial charge in [0.25, 0.3) is 0 Å². The first-order valence-electron chi connectivity index (χ1n) is 27.5. The summed E-state index contributed by atoms with van der Waals surface area (Å²) in [5.41, 5.74) is 0. The van der Waals surface area contributed by atoms with Crippen molar-refractivity contribution in [2.24, 2.45) is 0 Å². The van der Waals surface area contributed by atoms with Crippen LogP contribution in [-0.2, 0) is 76.0 Å². The number of carbonyl (C=O) groups is 3. The van der Waals surface area contributed by atoms with Gasteiger partial charge in [-0.15, -0.1) is 0 Å². The van der Waals surface area contributed by atoms with Crippen molar-refractivity contribution in [3.05, 3.63) is 0 Å². The topological polar surface area (TPSA) is 592 Å². The molecule has 0 aromatic carbocycles. The zero-order chi connectivity index (χ0) is 63.5. The summed E-state index contributed by atoms with van der Waals surface area (Å²) in [4.78, 5) is 37.6. The number of hydrogen-bond donors (Lipinski definition) is 22. The Bertz CT molecular complexity index is 2170. The summed E-state index contributed by atoms with van der Waals surface area (Å²) in [7, 11) is 0. The van der Waals surface area contributed by atoms with E-state index in [1.54, 1.807) is 0 Å². The second-order valence-electron chi connectivity index (χ2n) is 21.8. The van der Waals surface area contributed by atoms with Crippen LogP contribution in [0.2, 0.25) is 0 Å². The summed E-state index contributed by atoms with van der Waals surface area (Å²) < 4.78 is 75.1. The predicted molar refractivity (Wildman–Crippen MR) is 265 cm³/mol. The molecular formula is C48H81N3O35. The van der Waals surface area contributed by atoms with E-state index in [9.17, 15) is 111 Å². The lowest BCUT2D eigenvalue weighted by Gasteiger charge is -2.50. The minimum Gasteiger partial charge on any atom is -0.394 e. The molecule has 7 fully saturated rings. The van der Waals surface area contributed by atoms with Crippen LogP contribution in [0, 0.1) is 0 Å². The first-order chi connectivity index (χ1) is 40.6. The average molecular weight is 1260 g/mol. The van der Waals surface area contributed by atoms with Gasteiger partial charge < -0.3 is 175 Å². The molecule has 35 atom stereocenters. The van der Waals surface area contributed by atoms with Gasteiger partial charge in [-0.25, -0.2) is 0 Å². The summed E-state index contributed by atoms with van der Waals surface area (Å²) >= 11 is 0. The molecule has 498 valence electrons. The molecule has 0 saturated carbocycles. The number of amides is 3. The van der Waals surface area contributed by atoms with E-state index in [2.05, 4.69) is 16.0 Å². The number of hydrogen-bond acceptors (Lipinski definition) is 35. The Morgan fingerprint density at radius 2 is 0.709 bits per heavy atom. The summed E-state index contributed by atoms with van der Waals surface area (Å²) in [5.74, 6) is -2.47. The van der Waals surface area contributed by atoms with Crippen molar-refractivity contribution < 1.29 is 173 Å². The first-order valence-corrected chi connectivity index (χ1v) is 27.5. The highest BCUT2D eigenvalue weighted by atomic mass is 16.8. The van der Waals surface area contributed by atoms with E-state index in [0.717, 1.165) is 20.8 Å². The van der Waals surface area contributed by atoms with Crippen LogP contribution in [0.25, 0.3) is 0 Å². The highest BCUT2D eigenvalue weighted by Gasteiger charge is 2.58. The Labute approximate surface area is 488 Å². The van der Waals surface area contributed by atoms with E-state index in [4.69, 9.17) is 61.6 Å². The summed E-state index contributed by atoms with van der Waals surface area (Å²) in [5, 5.41) is 213. The molecule has 3 amide bonds. The van der Waals surface area contributed by atoms with Gasteiger partial charge in [-0.05, 0) is 6.92 Å². The van der Waals surface area contributed by atoms with Crippen molar-refractivity contribution in [1.82, 2.24) is 16.0 Å². The van der Waals surface area contributed by atoms with Gasteiger partial charge in [0.2, 0.25) is 17.7 Å². The first kappa shape index (κ1) is 70.6. The van der Waals surface area contributed by atoms with Crippen LogP contribution in [0.5, 0.6) is 0 Å². The van der Waals surface area contributed by atoms with Crippen molar-refractivity contribution in [1.29, 1.82) is 0 Å². The Hall–Kier alpha value is -2.87. The van der Waals surface area contributed by atoms with Gasteiger partial charge in [-0.3, -0.25) is 14.4 Å². The third-order valence-electron chi connectivity index (χ3n) is 15.7.